The Balaban J connectivity index is 2.18. The molecule has 1 N–H and O–H groups in total. The van der Waals surface area contributed by atoms with Gasteiger partial charge in [0, 0.05) is 30.4 Å². The van der Waals surface area contributed by atoms with E-state index in [1.165, 1.54) is 6.42 Å². The minimum Gasteiger partial charge on any atom is -0.360 e. The maximum Gasteiger partial charge on any atom is 0.136 e. The number of unbranched alkanes of at least 4 members (excludes halogenated alkanes) is 1. The molecule has 4 nitrogen and oxygen atoms in total. The van der Waals surface area contributed by atoms with Crippen molar-refractivity contribution in [1.29, 1.82) is 0 Å². The van der Waals surface area contributed by atoms with Gasteiger partial charge in [-0.25, -0.2) is 9.97 Å². The van der Waals surface area contributed by atoms with E-state index in [0.29, 0.717) is 5.02 Å². The molecule has 5 heteroatoms. The first-order valence-corrected chi connectivity index (χ1v) is 7.55. The van der Waals surface area contributed by atoms with Gasteiger partial charge in [-0.3, -0.25) is 0 Å². The number of aromatic nitrogens is 2. The lowest BCUT2D eigenvalue weighted by atomic mass is 10.3. The number of hydrogen-bond acceptors (Lipinski definition) is 4. The monoisotopic (exact) mass is 304 g/mol. The summed E-state index contributed by atoms with van der Waals surface area (Å²) < 4.78 is 0. The minimum atomic E-state index is 0.700. The third-order valence-corrected chi connectivity index (χ3v) is 3.39. The van der Waals surface area contributed by atoms with Gasteiger partial charge in [0.25, 0.3) is 0 Å². The van der Waals surface area contributed by atoms with E-state index in [2.05, 4.69) is 34.2 Å². The molecule has 0 spiro atoms. The summed E-state index contributed by atoms with van der Waals surface area (Å²) in [6.45, 7) is 5.08. The first-order chi connectivity index (χ1) is 10.1. The Morgan fingerprint density at radius 2 is 2.05 bits per heavy atom. The number of nitrogens with one attached hydrogen (secondary N) is 1. The molecule has 0 aliphatic heterocycles. The molecule has 0 aliphatic rings. The number of anilines is 3. The second-order valence-corrected chi connectivity index (χ2v) is 5.51. The number of nitrogens with zero attached hydrogens (tertiary/aromatic N) is 3. The van der Waals surface area contributed by atoms with Gasteiger partial charge in [-0.15, -0.1) is 0 Å². The average Bonchev–Trinajstić information content (AvgIpc) is 2.44. The molecule has 1 heterocycles. The highest BCUT2D eigenvalue weighted by Gasteiger charge is 2.07. The van der Waals surface area contributed by atoms with Crippen LogP contribution in [0.25, 0.3) is 0 Å². The third kappa shape index (κ3) is 4.60. The Labute approximate surface area is 131 Å². The van der Waals surface area contributed by atoms with Crippen molar-refractivity contribution < 1.29 is 0 Å². The standard InChI is InChI=1S/C16H21ClN4/c1-4-5-9-21(3)16-11-15(18-12(2)19-16)20-14-8-6-7-13(17)10-14/h6-8,10-11H,4-5,9H2,1-3H3,(H,18,19,20). The Bertz CT molecular complexity index is 601. The van der Waals surface area contributed by atoms with Crippen molar-refractivity contribution in [3.63, 3.8) is 0 Å². The summed E-state index contributed by atoms with van der Waals surface area (Å²) >= 11 is 6.00. The maximum absolute atomic E-state index is 6.00. The molecule has 0 aliphatic carbocycles. The zero-order valence-corrected chi connectivity index (χ0v) is 13.5. The molecule has 0 fully saturated rings. The van der Waals surface area contributed by atoms with Gasteiger partial charge in [0.2, 0.25) is 0 Å². The normalized spacial score (nSPS) is 10.5. The number of hydrogen-bond donors (Lipinski definition) is 1. The summed E-state index contributed by atoms with van der Waals surface area (Å²) in [6, 6.07) is 9.56. The molecule has 0 bridgehead atoms. The van der Waals surface area contributed by atoms with E-state index >= 15 is 0 Å². The van der Waals surface area contributed by atoms with Crippen molar-refractivity contribution in [3.05, 3.63) is 41.2 Å². The van der Waals surface area contributed by atoms with Crippen LogP contribution >= 0.6 is 11.6 Å². The lowest BCUT2D eigenvalue weighted by Crippen LogP contribution is -2.20. The van der Waals surface area contributed by atoms with Crippen LogP contribution in [0.15, 0.2) is 30.3 Å². The largest absolute Gasteiger partial charge is 0.360 e. The van der Waals surface area contributed by atoms with Gasteiger partial charge >= 0.3 is 0 Å². The van der Waals surface area contributed by atoms with E-state index in [4.69, 9.17) is 11.6 Å². The van der Waals surface area contributed by atoms with Crippen LogP contribution in [0.4, 0.5) is 17.3 Å². The molecule has 0 unspecified atom stereocenters. The molecule has 1 aromatic heterocycles. The van der Waals surface area contributed by atoms with Crippen LogP contribution in [0, 0.1) is 6.92 Å². The van der Waals surface area contributed by atoms with Gasteiger partial charge in [-0.05, 0) is 31.5 Å². The van der Waals surface area contributed by atoms with Gasteiger partial charge in [0.05, 0.1) is 0 Å². The highest BCUT2D eigenvalue weighted by molar-refractivity contribution is 6.30. The van der Waals surface area contributed by atoms with Crippen LogP contribution in [0.3, 0.4) is 0 Å². The molecule has 0 amide bonds. The van der Waals surface area contributed by atoms with Crippen molar-refractivity contribution in [1.82, 2.24) is 9.97 Å². The molecule has 1 aromatic carbocycles. The summed E-state index contributed by atoms with van der Waals surface area (Å²) in [4.78, 5) is 11.1. The van der Waals surface area contributed by atoms with Crippen LogP contribution in [0.5, 0.6) is 0 Å². The molecule has 0 saturated carbocycles. The summed E-state index contributed by atoms with van der Waals surface area (Å²) in [5.74, 6) is 2.46. The zero-order chi connectivity index (χ0) is 15.2. The van der Waals surface area contributed by atoms with Crippen molar-refractivity contribution in [2.75, 3.05) is 23.8 Å². The van der Waals surface area contributed by atoms with Crippen LogP contribution < -0.4 is 10.2 Å². The lowest BCUT2D eigenvalue weighted by Gasteiger charge is -2.19. The number of rotatable bonds is 6. The van der Waals surface area contributed by atoms with Crippen LogP contribution in [-0.4, -0.2) is 23.6 Å². The van der Waals surface area contributed by atoms with Gasteiger partial charge in [0.15, 0.2) is 0 Å². The zero-order valence-electron chi connectivity index (χ0n) is 12.7. The molecule has 112 valence electrons. The van der Waals surface area contributed by atoms with Crippen LogP contribution in [0.1, 0.15) is 25.6 Å². The quantitative estimate of drug-likeness (QED) is 0.858. The summed E-state index contributed by atoms with van der Waals surface area (Å²) in [6.07, 6.45) is 2.32. The summed E-state index contributed by atoms with van der Waals surface area (Å²) in [5.41, 5.74) is 0.919. The van der Waals surface area contributed by atoms with E-state index in [0.717, 1.165) is 36.1 Å². The second kappa shape index (κ2) is 7.27. The Kier molecular flexibility index (Phi) is 5.39. The fraction of sp³-hybridized carbons (Fsp3) is 0.375. The fourth-order valence-electron chi connectivity index (χ4n) is 2.04. The van der Waals surface area contributed by atoms with Crippen molar-refractivity contribution in [3.8, 4) is 0 Å². The minimum absolute atomic E-state index is 0.700. The Hall–Kier alpha value is -1.81. The predicted octanol–water partition coefficient (Wildman–Crippen LogP) is 4.42. The molecule has 0 atom stereocenters. The summed E-state index contributed by atoms with van der Waals surface area (Å²) in [5, 5.41) is 3.97. The molecule has 0 radical (unpaired) electrons. The SMILES string of the molecule is CCCCN(C)c1cc(Nc2cccc(Cl)c2)nc(C)n1. The van der Waals surface area contributed by atoms with E-state index < -0.39 is 0 Å². The number of halogens is 1. The molecular weight excluding hydrogens is 284 g/mol. The van der Waals surface area contributed by atoms with Crippen molar-refractivity contribution in [2.24, 2.45) is 0 Å². The van der Waals surface area contributed by atoms with Crippen molar-refractivity contribution >= 4 is 28.9 Å². The molecular formula is C16H21ClN4. The number of benzene rings is 1. The molecule has 0 saturated heterocycles. The molecule has 2 rings (SSSR count). The van der Waals surface area contributed by atoms with Gasteiger partial charge in [-0.1, -0.05) is 31.0 Å². The summed E-state index contributed by atoms with van der Waals surface area (Å²) in [7, 11) is 2.06. The fourth-order valence-corrected chi connectivity index (χ4v) is 2.23. The highest BCUT2D eigenvalue weighted by atomic mass is 35.5. The average molecular weight is 305 g/mol. The second-order valence-electron chi connectivity index (χ2n) is 5.07. The van der Waals surface area contributed by atoms with Gasteiger partial charge in [0.1, 0.15) is 17.5 Å². The molecule has 2 aromatic rings. The lowest BCUT2D eigenvalue weighted by molar-refractivity contribution is 0.756. The van der Waals surface area contributed by atoms with E-state index in [-0.39, 0.29) is 0 Å². The van der Waals surface area contributed by atoms with E-state index in [1.807, 2.05) is 37.3 Å². The van der Waals surface area contributed by atoms with Gasteiger partial charge in [-0.2, -0.15) is 0 Å². The first kappa shape index (κ1) is 15.6. The topological polar surface area (TPSA) is 41.0 Å². The van der Waals surface area contributed by atoms with Gasteiger partial charge < -0.3 is 10.2 Å². The number of aryl methyl sites for hydroxylation is 1. The highest BCUT2D eigenvalue weighted by Crippen LogP contribution is 2.21. The maximum atomic E-state index is 6.00. The molecule has 21 heavy (non-hydrogen) atoms. The Morgan fingerprint density at radius 3 is 2.76 bits per heavy atom. The van der Waals surface area contributed by atoms with Crippen LogP contribution in [0.2, 0.25) is 5.02 Å². The Morgan fingerprint density at radius 1 is 1.24 bits per heavy atom. The van der Waals surface area contributed by atoms with Crippen molar-refractivity contribution in [2.45, 2.75) is 26.7 Å². The third-order valence-electron chi connectivity index (χ3n) is 3.16. The van der Waals surface area contributed by atoms with E-state index in [9.17, 15) is 0 Å². The van der Waals surface area contributed by atoms with E-state index in [1.54, 1.807) is 0 Å². The smallest absolute Gasteiger partial charge is 0.136 e. The van der Waals surface area contributed by atoms with Crippen LogP contribution in [-0.2, 0) is 0 Å². The first-order valence-electron chi connectivity index (χ1n) is 7.18. The predicted molar refractivity (Wildman–Crippen MR) is 89.7 cm³/mol.